The molecule has 76 valence electrons. The van der Waals surface area contributed by atoms with E-state index in [-0.39, 0.29) is 12.0 Å². The number of rotatable bonds is 2. The maximum atomic E-state index is 11.5. The van der Waals surface area contributed by atoms with E-state index in [2.05, 4.69) is 13.8 Å². The summed E-state index contributed by atoms with van der Waals surface area (Å²) in [5.74, 6) is 1.90. The fraction of sp³-hybridized carbons (Fsp3) is 0.909. The largest absolute Gasteiger partial charge is 0.327 e. The van der Waals surface area contributed by atoms with Gasteiger partial charge in [0.2, 0.25) is 0 Å². The van der Waals surface area contributed by atoms with Crippen molar-refractivity contribution in [3.05, 3.63) is 0 Å². The SMILES string of the molecule is CC(C)C1CCC(=O)C(C(C)N)C1. The molecule has 3 atom stereocenters. The average Bonchev–Trinajstić information content (AvgIpc) is 2.04. The zero-order valence-corrected chi connectivity index (χ0v) is 8.92. The van der Waals surface area contributed by atoms with E-state index >= 15 is 0 Å². The number of nitrogens with two attached hydrogens (primary N) is 1. The van der Waals surface area contributed by atoms with Crippen LogP contribution in [0, 0.1) is 17.8 Å². The Kier molecular flexibility index (Phi) is 3.48. The molecule has 0 aromatic carbocycles. The maximum Gasteiger partial charge on any atom is 0.137 e. The average molecular weight is 183 g/mol. The number of ketones is 1. The molecule has 1 fully saturated rings. The van der Waals surface area contributed by atoms with E-state index in [0.29, 0.717) is 17.6 Å². The summed E-state index contributed by atoms with van der Waals surface area (Å²) in [5, 5.41) is 0. The van der Waals surface area contributed by atoms with Crippen LogP contribution in [-0.2, 0) is 4.79 Å². The van der Waals surface area contributed by atoms with Crippen LogP contribution in [0.1, 0.15) is 40.0 Å². The maximum absolute atomic E-state index is 11.5. The molecular formula is C11H21NO. The molecule has 3 unspecified atom stereocenters. The molecule has 1 saturated carbocycles. The highest BCUT2D eigenvalue weighted by atomic mass is 16.1. The summed E-state index contributed by atoms with van der Waals surface area (Å²) in [5.41, 5.74) is 5.80. The molecule has 0 spiro atoms. The van der Waals surface area contributed by atoms with Gasteiger partial charge >= 0.3 is 0 Å². The first-order chi connectivity index (χ1) is 6.02. The van der Waals surface area contributed by atoms with Gasteiger partial charge in [-0.05, 0) is 31.6 Å². The first-order valence-corrected chi connectivity index (χ1v) is 5.30. The van der Waals surface area contributed by atoms with Crippen LogP contribution in [0.4, 0.5) is 0 Å². The highest BCUT2D eigenvalue weighted by Crippen LogP contribution is 2.32. The molecule has 13 heavy (non-hydrogen) atoms. The van der Waals surface area contributed by atoms with Gasteiger partial charge in [-0.15, -0.1) is 0 Å². The van der Waals surface area contributed by atoms with Crippen molar-refractivity contribution in [1.29, 1.82) is 0 Å². The summed E-state index contributed by atoms with van der Waals surface area (Å²) >= 11 is 0. The number of hydrogen-bond donors (Lipinski definition) is 1. The Labute approximate surface area is 80.9 Å². The van der Waals surface area contributed by atoms with Gasteiger partial charge < -0.3 is 5.73 Å². The van der Waals surface area contributed by atoms with Gasteiger partial charge in [0.15, 0.2) is 0 Å². The first kappa shape index (κ1) is 10.7. The van der Waals surface area contributed by atoms with Gasteiger partial charge in [0, 0.05) is 18.4 Å². The third-order valence-electron chi connectivity index (χ3n) is 3.31. The van der Waals surface area contributed by atoms with Crippen LogP contribution >= 0.6 is 0 Å². The summed E-state index contributed by atoms with van der Waals surface area (Å²) in [6.07, 6.45) is 2.82. The molecule has 0 aromatic heterocycles. The number of carbonyl (C=O) groups is 1. The lowest BCUT2D eigenvalue weighted by Crippen LogP contribution is -2.38. The number of Topliss-reactive ketones (excluding diaryl/α,β-unsaturated/α-hetero) is 1. The molecule has 0 aliphatic heterocycles. The summed E-state index contributed by atoms with van der Waals surface area (Å²) in [4.78, 5) is 11.5. The fourth-order valence-electron chi connectivity index (χ4n) is 2.20. The highest BCUT2D eigenvalue weighted by molar-refractivity contribution is 5.82. The molecule has 0 bridgehead atoms. The summed E-state index contributed by atoms with van der Waals surface area (Å²) < 4.78 is 0. The lowest BCUT2D eigenvalue weighted by atomic mass is 9.73. The number of carbonyl (C=O) groups excluding carboxylic acids is 1. The van der Waals surface area contributed by atoms with Crippen molar-refractivity contribution in [3.63, 3.8) is 0 Å². The Hall–Kier alpha value is -0.370. The molecule has 1 aliphatic rings. The van der Waals surface area contributed by atoms with Gasteiger partial charge in [-0.2, -0.15) is 0 Å². The second-order valence-corrected chi connectivity index (χ2v) is 4.71. The standard InChI is InChI=1S/C11H21NO/c1-7(2)9-4-5-11(13)10(6-9)8(3)12/h7-10H,4-6,12H2,1-3H3. The minimum Gasteiger partial charge on any atom is -0.327 e. The van der Waals surface area contributed by atoms with E-state index in [0.717, 1.165) is 19.3 Å². The second kappa shape index (κ2) is 4.23. The van der Waals surface area contributed by atoms with Gasteiger partial charge in [0.25, 0.3) is 0 Å². The van der Waals surface area contributed by atoms with E-state index < -0.39 is 0 Å². The van der Waals surface area contributed by atoms with Crippen molar-refractivity contribution in [2.75, 3.05) is 0 Å². The molecule has 0 amide bonds. The van der Waals surface area contributed by atoms with Crippen LogP contribution in [0.5, 0.6) is 0 Å². The van der Waals surface area contributed by atoms with Crippen molar-refractivity contribution in [1.82, 2.24) is 0 Å². The third-order valence-corrected chi connectivity index (χ3v) is 3.31. The molecule has 2 N–H and O–H groups in total. The molecule has 2 heteroatoms. The van der Waals surface area contributed by atoms with Gasteiger partial charge in [-0.1, -0.05) is 13.8 Å². The monoisotopic (exact) mass is 183 g/mol. The zero-order chi connectivity index (χ0) is 10.0. The van der Waals surface area contributed by atoms with Crippen LogP contribution in [0.3, 0.4) is 0 Å². The number of hydrogen-bond acceptors (Lipinski definition) is 2. The van der Waals surface area contributed by atoms with Crippen molar-refractivity contribution in [2.24, 2.45) is 23.5 Å². The van der Waals surface area contributed by atoms with Crippen molar-refractivity contribution >= 4 is 5.78 Å². The predicted octanol–water partition coefficient (Wildman–Crippen LogP) is 1.98. The Morgan fingerprint density at radius 2 is 2.00 bits per heavy atom. The molecule has 1 aliphatic carbocycles. The Bertz CT molecular complexity index is 187. The minimum atomic E-state index is 0.0362. The van der Waals surface area contributed by atoms with Crippen LogP contribution in [0.25, 0.3) is 0 Å². The quantitative estimate of drug-likeness (QED) is 0.711. The molecule has 0 heterocycles. The fourth-order valence-corrected chi connectivity index (χ4v) is 2.20. The Morgan fingerprint density at radius 1 is 1.38 bits per heavy atom. The Balaban J connectivity index is 2.58. The molecule has 0 aromatic rings. The first-order valence-electron chi connectivity index (χ1n) is 5.30. The smallest absolute Gasteiger partial charge is 0.137 e. The Morgan fingerprint density at radius 3 is 2.46 bits per heavy atom. The second-order valence-electron chi connectivity index (χ2n) is 4.71. The molecule has 0 radical (unpaired) electrons. The van der Waals surface area contributed by atoms with Crippen LogP contribution < -0.4 is 5.73 Å². The molecule has 2 nitrogen and oxygen atoms in total. The van der Waals surface area contributed by atoms with Crippen LogP contribution in [0.15, 0.2) is 0 Å². The van der Waals surface area contributed by atoms with E-state index in [1.165, 1.54) is 0 Å². The predicted molar refractivity (Wildman–Crippen MR) is 54.3 cm³/mol. The minimum absolute atomic E-state index is 0.0362. The van der Waals surface area contributed by atoms with E-state index in [1.807, 2.05) is 6.92 Å². The molecule has 0 saturated heterocycles. The third kappa shape index (κ3) is 2.53. The van der Waals surface area contributed by atoms with Crippen molar-refractivity contribution < 1.29 is 4.79 Å². The van der Waals surface area contributed by atoms with Crippen molar-refractivity contribution in [3.8, 4) is 0 Å². The van der Waals surface area contributed by atoms with Gasteiger partial charge in [-0.25, -0.2) is 0 Å². The van der Waals surface area contributed by atoms with Gasteiger partial charge in [0.1, 0.15) is 5.78 Å². The van der Waals surface area contributed by atoms with Crippen molar-refractivity contribution in [2.45, 2.75) is 46.1 Å². The van der Waals surface area contributed by atoms with Crippen LogP contribution in [-0.4, -0.2) is 11.8 Å². The van der Waals surface area contributed by atoms with Gasteiger partial charge in [0.05, 0.1) is 0 Å². The molecule has 1 rings (SSSR count). The summed E-state index contributed by atoms with van der Waals surface area (Å²) in [7, 11) is 0. The van der Waals surface area contributed by atoms with E-state index in [9.17, 15) is 4.79 Å². The van der Waals surface area contributed by atoms with Gasteiger partial charge in [-0.3, -0.25) is 4.79 Å². The van der Waals surface area contributed by atoms with E-state index in [4.69, 9.17) is 5.73 Å². The van der Waals surface area contributed by atoms with Crippen LogP contribution in [0.2, 0.25) is 0 Å². The van der Waals surface area contributed by atoms with E-state index in [1.54, 1.807) is 0 Å². The lowest BCUT2D eigenvalue weighted by Gasteiger charge is -2.32. The lowest BCUT2D eigenvalue weighted by molar-refractivity contribution is -0.126. The summed E-state index contributed by atoms with van der Waals surface area (Å²) in [6.45, 7) is 6.42. The highest BCUT2D eigenvalue weighted by Gasteiger charge is 2.31. The normalized spacial score (nSPS) is 32.2. The molecular weight excluding hydrogens is 162 g/mol. The zero-order valence-electron chi connectivity index (χ0n) is 8.92. The summed E-state index contributed by atoms with van der Waals surface area (Å²) in [6, 6.07) is 0.0362. The topological polar surface area (TPSA) is 43.1 Å².